The fraction of sp³-hybridized carbons (Fsp3) is 0.333. The van der Waals surface area contributed by atoms with Gasteiger partial charge in [-0.1, -0.05) is 54.1 Å². The van der Waals surface area contributed by atoms with Crippen LogP contribution in [0.3, 0.4) is 0 Å². The van der Waals surface area contributed by atoms with Crippen LogP contribution in [0.2, 0.25) is 4.34 Å². The molecule has 7 heteroatoms. The van der Waals surface area contributed by atoms with Gasteiger partial charge in [-0.2, -0.15) is 5.10 Å². The zero-order valence-electron chi connectivity index (χ0n) is 17.4. The minimum atomic E-state index is 0.165. The summed E-state index contributed by atoms with van der Waals surface area (Å²) in [5, 5.41) is 14.6. The number of hydrogen-bond donors (Lipinski definition) is 2. The summed E-state index contributed by atoms with van der Waals surface area (Å²) >= 11 is 8.17. The van der Waals surface area contributed by atoms with Crippen LogP contribution in [0.1, 0.15) is 29.1 Å². The highest BCUT2D eigenvalue weighted by molar-refractivity contribution is 7.16. The first kappa shape index (κ1) is 20.6. The summed E-state index contributed by atoms with van der Waals surface area (Å²) in [6, 6.07) is 10.9. The predicted octanol–water partition coefficient (Wildman–Crippen LogP) is 4.35. The van der Waals surface area contributed by atoms with Gasteiger partial charge in [-0.3, -0.25) is 5.01 Å². The summed E-state index contributed by atoms with van der Waals surface area (Å²) < 4.78 is 0.726. The first-order chi connectivity index (χ1) is 15.2. The number of rotatable bonds is 6. The maximum atomic E-state index is 6.62. The third-order valence-corrected chi connectivity index (χ3v) is 7.51. The van der Waals surface area contributed by atoms with Crippen molar-refractivity contribution in [2.75, 3.05) is 26.2 Å². The van der Waals surface area contributed by atoms with E-state index in [1.54, 1.807) is 11.3 Å². The zero-order chi connectivity index (χ0) is 21.1. The topological polar surface area (TPSA) is 52.6 Å². The Morgan fingerprint density at radius 1 is 1.16 bits per heavy atom. The fourth-order valence-electron chi connectivity index (χ4n) is 4.54. The molecule has 0 radical (unpaired) electrons. The molecule has 0 amide bonds. The molecule has 0 spiro atoms. The van der Waals surface area contributed by atoms with Gasteiger partial charge >= 0.3 is 0 Å². The number of aromatic nitrogens is 1. The maximum Gasteiger partial charge on any atom is 0.121 e. The van der Waals surface area contributed by atoms with Crippen molar-refractivity contribution in [1.29, 1.82) is 0 Å². The van der Waals surface area contributed by atoms with E-state index in [1.165, 1.54) is 11.1 Å². The van der Waals surface area contributed by atoms with E-state index in [-0.39, 0.29) is 5.41 Å². The lowest BCUT2D eigenvalue weighted by Gasteiger charge is -2.38. The molecule has 5 rings (SSSR count). The number of nitrogens with zero attached hydrogens (tertiary/aromatic N) is 3. The van der Waals surface area contributed by atoms with Gasteiger partial charge < -0.3 is 10.6 Å². The van der Waals surface area contributed by atoms with Crippen molar-refractivity contribution in [2.24, 2.45) is 5.10 Å². The Labute approximate surface area is 192 Å². The molecule has 0 saturated carbocycles. The number of hydrazone groups is 1. The Hall–Kier alpha value is -2.25. The Balaban J connectivity index is 1.31. The van der Waals surface area contributed by atoms with E-state index < -0.39 is 0 Å². The van der Waals surface area contributed by atoms with Crippen molar-refractivity contribution in [3.05, 3.63) is 80.9 Å². The largest absolute Gasteiger partial charge is 0.317 e. The Morgan fingerprint density at radius 2 is 2.00 bits per heavy atom. The van der Waals surface area contributed by atoms with Crippen molar-refractivity contribution < 1.29 is 0 Å². The maximum absolute atomic E-state index is 6.62. The number of benzene rings is 1. The Morgan fingerprint density at radius 3 is 2.84 bits per heavy atom. The second-order valence-corrected chi connectivity index (χ2v) is 9.90. The summed E-state index contributed by atoms with van der Waals surface area (Å²) in [7, 11) is 0. The molecule has 3 aliphatic rings. The first-order valence-electron chi connectivity index (χ1n) is 10.7. The molecule has 2 aromatic rings. The summed E-state index contributed by atoms with van der Waals surface area (Å²) in [6.45, 7) is 4.51. The van der Waals surface area contributed by atoms with E-state index in [2.05, 4.69) is 52.1 Å². The minimum absolute atomic E-state index is 0.165. The highest BCUT2D eigenvalue weighted by Crippen LogP contribution is 2.35. The van der Waals surface area contributed by atoms with Gasteiger partial charge in [0.25, 0.3) is 0 Å². The van der Waals surface area contributed by atoms with E-state index in [0.717, 1.165) is 66.2 Å². The molecule has 1 saturated heterocycles. The molecule has 3 aliphatic heterocycles. The summed E-state index contributed by atoms with van der Waals surface area (Å²) in [6.07, 6.45) is 12.3. The van der Waals surface area contributed by atoms with Crippen molar-refractivity contribution >= 4 is 34.7 Å². The van der Waals surface area contributed by atoms with Gasteiger partial charge in [0.2, 0.25) is 0 Å². The van der Waals surface area contributed by atoms with Gasteiger partial charge in [-0.15, -0.1) is 11.3 Å². The van der Waals surface area contributed by atoms with Crippen LogP contribution in [0, 0.1) is 0 Å². The van der Waals surface area contributed by atoms with Gasteiger partial charge in [-0.05, 0) is 43.1 Å². The van der Waals surface area contributed by atoms with Crippen molar-refractivity contribution in [3.8, 4) is 0 Å². The van der Waals surface area contributed by atoms with E-state index in [9.17, 15) is 0 Å². The molecule has 1 aromatic heterocycles. The number of allylic oxidation sites excluding steroid dienone is 3. The van der Waals surface area contributed by atoms with Crippen LogP contribution < -0.4 is 10.6 Å². The quantitative estimate of drug-likeness (QED) is 0.685. The zero-order valence-corrected chi connectivity index (χ0v) is 18.9. The van der Waals surface area contributed by atoms with Crippen molar-refractivity contribution in [2.45, 2.75) is 24.8 Å². The van der Waals surface area contributed by atoms with E-state index in [1.807, 2.05) is 29.6 Å². The second kappa shape index (κ2) is 9.09. The molecular weight excluding hydrogens is 426 g/mol. The molecule has 160 valence electrons. The van der Waals surface area contributed by atoms with Crippen LogP contribution in [0.5, 0.6) is 0 Å². The minimum Gasteiger partial charge on any atom is -0.317 e. The number of thiazole rings is 1. The molecule has 0 atom stereocenters. The average Bonchev–Trinajstić information content (AvgIpc) is 3.06. The lowest BCUT2D eigenvalue weighted by Crippen LogP contribution is -2.46. The van der Waals surface area contributed by atoms with Crippen LogP contribution >= 0.6 is 22.9 Å². The number of halogens is 1. The SMILES string of the molecule is Clc1sc(CNCC2(c3ccccc3)CCNCC2)nc1C1=C2C=CC=CN(C2)N=C1. The normalized spacial score (nSPS) is 19.7. The molecule has 1 aromatic carbocycles. The highest BCUT2D eigenvalue weighted by Gasteiger charge is 2.33. The Kier molecular flexibility index (Phi) is 6.05. The van der Waals surface area contributed by atoms with Crippen LogP contribution in [0.15, 0.2) is 65.4 Å². The third kappa shape index (κ3) is 4.39. The van der Waals surface area contributed by atoms with E-state index >= 15 is 0 Å². The van der Waals surface area contributed by atoms with Gasteiger partial charge in [0, 0.05) is 30.3 Å². The van der Waals surface area contributed by atoms with Gasteiger partial charge in [-0.25, -0.2) is 4.98 Å². The number of hydrogen-bond acceptors (Lipinski definition) is 6. The molecular formula is C24H26ClN5S. The molecule has 5 nitrogen and oxygen atoms in total. The van der Waals surface area contributed by atoms with Gasteiger partial charge in [0.15, 0.2) is 0 Å². The summed E-state index contributed by atoms with van der Waals surface area (Å²) in [5.41, 5.74) is 4.63. The van der Waals surface area contributed by atoms with E-state index in [0.29, 0.717) is 0 Å². The smallest absolute Gasteiger partial charge is 0.121 e. The molecule has 2 N–H and O–H groups in total. The van der Waals surface area contributed by atoms with Crippen molar-refractivity contribution in [3.63, 3.8) is 0 Å². The third-order valence-electron chi connectivity index (χ3n) is 6.25. The predicted molar refractivity (Wildman–Crippen MR) is 129 cm³/mol. The first-order valence-corrected chi connectivity index (χ1v) is 11.9. The van der Waals surface area contributed by atoms with Gasteiger partial charge in [0.05, 0.1) is 12.8 Å². The molecule has 0 aliphatic carbocycles. The summed E-state index contributed by atoms with van der Waals surface area (Å²) in [4.78, 5) is 4.88. The van der Waals surface area contributed by atoms with Crippen LogP contribution in [-0.2, 0) is 12.0 Å². The molecule has 0 unspecified atom stereocenters. The summed E-state index contributed by atoms with van der Waals surface area (Å²) in [5.74, 6) is 0. The van der Waals surface area contributed by atoms with Gasteiger partial charge in [0.1, 0.15) is 15.0 Å². The lowest BCUT2D eigenvalue weighted by molar-refractivity contribution is 0.293. The van der Waals surface area contributed by atoms with E-state index in [4.69, 9.17) is 16.6 Å². The fourth-order valence-corrected chi connectivity index (χ4v) is 5.72. The standard InChI is InChI=1S/C24H26ClN5S/c25-23-22(20-14-28-30-13-5-4-6-18(20)16-30)29-21(31-23)15-27-17-24(9-11-26-12-10-24)19-7-2-1-3-8-19/h1-8,13-14,26-27H,9-12,15-17H2. The highest BCUT2D eigenvalue weighted by atomic mass is 35.5. The van der Waals surface area contributed by atoms with Crippen LogP contribution in [-0.4, -0.2) is 42.4 Å². The monoisotopic (exact) mass is 451 g/mol. The number of fused-ring (bicyclic) bond motifs is 2. The van der Waals surface area contributed by atoms with Crippen molar-refractivity contribution in [1.82, 2.24) is 20.6 Å². The number of nitrogens with one attached hydrogen (secondary N) is 2. The molecule has 4 heterocycles. The average molecular weight is 452 g/mol. The molecule has 31 heavy (non-hydrogen) atoms. The van der Waals surface area contributed by atoms with Crippen LogP contribution in [0.25, 0.3) is 5.57 Å². The Bertz CT molecular complexity index is 1050. The molecule has 2 bridgehead atoms. The van der Waals surface area contributed by atoms with Crippen LogP contribution in [0.4, 0.5) is 0 Å². The lowest BCUT2D eigenvalue weighted by atomic mass is 9.73. The second-order valence-electron chi connectivity index (χ2n) is 8.21. The number of piperidine rings is 1. The molecule has 1 fully saturated rings.